The average molecular weight is 606 g/mol. The van der Waals surface area contributed by atoms with Gasteiger partial charge in [-0.2, -0.15) is 0 Å². The lowest BCUT2D eigenvalue weighted by Gasteiger charge is -2.40. The van der Waals surface area contributed by atoms with E-state index in [0.717, 1.165) is 60.9 Å². The van der Waals surface area contributed by atoms with E-state index < -0.39 is 6.29 Å². The molecule has 0 spiro atoms. The number of benzene rings is 3. The maximum absolute atomic E-state index is 12.9. The minimum absolute atomic E-state index is 0.00672. The van der Waals surface area contributed by atoms with Gasteiger partial charge in [-0.25, -0.2) is 9.97 Å². The Morgan fingerprint density at radius 1 is 0.733 bits per heavy atom. The van der Waals surface area contributed by atoms with Crippen molar-refractivity contribution in [1.82, 2.24) is 19.8 Å². The van der Waals surface area contributed by atoms with Crippen molar-refractivity contribution >= 4 is 17.8 Å². The Balaban J connectivity index is 1.04. The second-order valence-electron chi connectivity index (χ2n) is 11.7. The van der Waals surface area contributed by atoms with Gasteiger partial charge in [0.25, 0.3) is 11.8 Å². The molecular weight excluding hydrogens is 570 g/mol. The van der Waals surface area contributed by atoms with E-state index in [1.165, 1.54) is 4.90 Å². The van der Waals surface area contributed by atoms with Gasteiger partial charge < -0.3 is 19.5 Å². The third-order valence-corrected chi connectivity index (χ3v) is 8.75. The maximum atomic E-state index is 12.9. The second-order valence-corrected chi connectivity index (χ2v) is 11.7. The van der Waals surface area contributed by atoms with Gasteiger partial charge in [-0.05, 0) is 34.9 Å². The van der Waals surface area contributed by atoms with Gasteiger partial charge in [0, 0.05) is 57.1 Å². The van der Waals surface area contributed by atoms with Crippen molar-refractivity contribution in [3.63, 3.8) is 0 Å². The first-order valence-corrected chi connectivity index (χ1v) is 15.3. The molecule has 2 amide bonds. The Morgan fingerprint density at radius 3 is 2.00 bits per heavy atom. The van der Waals surface area contributed by atoms with Crippen LogP contribution < -0.4 is 4.90 Å². The van der Waals surface area contributed by atoms with Crippen LogP contribution in [0.2, 0.25) is 0 Å². The fraction of sp³-hybridized carbons (Fsp3) is 0.314. The number of carbonyl (C=O) groups is 2. The van der Waals surface area contributed by atoms with Crippen LogP contribution in [0.5, 0.6) is 0 Å². The highest BCUT2D eigenvalue weighted by Gasteiger charge is 2.36. The number of fused-ring (bicyclic) bond motifs is 1. The molecule has 45 heavy (non-hydrogen) atoms. The molecule has 0 radical (unpaired) electrons. The average Bonchev–Trinajstić information content (AvgIpc) is 3.34. The molecule has 4 aromatic rings. The Bertz CT molecular complexity index is 1610. The highest BCUT2D eigenvalue weighted by atomic mass is 16.7. The largest absolute Gasteiger partial charge is 0.392 e. The lowest BCUT2D eigenvalue weighted by molar-refractivity contribution is -0.253. The summed E-state index contributed by atoms with van der Waals surface area (Å²) in [6.07, 6.45) is 3.42. The maximum Gasteiger partial charge on any atom is 0.261 e. The third-order valence-electron chi connectivity index (χ3n) is 8.75. The number of aliphatic hydroxyl groups excluding tert-OH is 1. The van der Waals surface area contributed by atoms with Crippen molar-refractivity contribution in [1.29, 1.82) is 0 Å². The molecule has 3 aliphatic heterocycles. The summed E-state index contributed by atoms with van der Waals surface area (Å²) in [5, 5.41) is 9.52. The Labute approximate surface area is 261 Å². The molecule has 2 fully saturated rings. The van der Waals surface area contributed by atoms with Crippen LogP contribution in [0.15, 0.2) is 91.3 Å². The van der Waals surface area contributed by atoms with Crippen molar-refractivity contribution in [3.05, 3.63) is 125 Å². The lowest BCUT2D eigenvalue weighted by atomic mass is 9.99. The summed E-state index contributed by atoms with van der Waals surface area (Å²) in [6.45, 7) is 4.41. The van der Waals surface area contributed by atoms with Crippen LogP contribution in [0, 0.1) is 0 Å². The number of imide groups is 1. The van der Waals surface area contributed by atoms with Gasteiger partial charge in [-0.15, -0.1) is 0 Å². The predicted molar refractivity (Wildman–Crippen MR) is 166 cm³/mol. The van der Waals surface area contributed by atoms with E-state index in [0.29, 0.717) is 17.5 Å². The van der Waals surface area contributed by atoms with Crippen molar-refractivity contribution in [2.24, 2.45) is 0 Å². The van der Waals surface area contributed by atoms with E-state index in [4.69, 9.17) is 9.47 Å². The van der Waals surface area contributed by atoms with Crippen molar-refractivity contribution in [2.45, 2.75) is 38.1 Å². The molecule has 0 unspecified atom stereocenters. The van der Waals surface area contributed by atoms with Gasteiger partial charge in [-0.3, -0.25) is 19.4 Å². The van der Waals surface area contributed by atoms with Gasteiger partial charge in [-0.1, -0.05) is 60.7 Å². The Morgan fingerprint density at radius 2 is 1.36 bits per heavy atom. The molecular formula is C35H35N5O5. The summed E-state index contributed by atoms with van der Waals surface area (Å²) in [6, 6.07) is 24.4. The Hall–Kier alpha value is -4.48. The molecule has 230 valence electrons. The number of anilines is 1. The zero-order valence-electron chi connectivity index (χ0n) is 24.9. The summed E-state index contributed by atoms with van der Waals surface area (Å²) in [4.78, 5) is 40.4. The molecule has 4 heterocycles. The fourth-order valence-corrected chi connectivity index (χ4v) is 6.25. The van der Waals surface area contributed by atoms with Gasteiger partial charge in [0.1, 0.15) is 0 Å². The Kier molecular flexibility index (Phi) is 8.36. The quantitative estimate of drug-likeness (QED) is 0.297. The molecule has 1 aromatic heterocycles. The minimum atomic E-state index is -0.585. The van der Waals surface area contributed by atoms with Gasteiger partial charge in [0.15, 0.2) is 6.29 Å². The fourth-order valence-electron chi connectivity index (χ4n) is 6.25. The van der Waals surface area contributed by atoms with E-state index >= 15 is 0 Å². The first kappa shape index (κ1) is 29.2. The van der Waals surface area contributed by atoms with Crippen LogP contribution in [-0.4, -0.2) is 75.5 Å². The number of nitrogens with zero attached hydrogens (tertiary/aromatic N) is 5. The van der Waals surface area contributed by atoms with E-state index in [1.54, 1.807) is 36.7 Å². The molecule has 1 N–H and O–H groups in total. The van der Waals surface area contributed by atoms with E-state index in [9.17, 15) is 14.7 Å². The zero-order chi connectivity index (χ0) is 30.8. The summed E-state index contributed by atoms with van der Waals surface area (Å²) in [5.74, 6) is 0.222. The molecule has 10 nitrogen and oxygen atoms in total. The summed E-state index contributed by atoms with van der Waals surface area (Å²) < 4.78 is 13.1. The molecule has 2 saturated heterocycles. The topological polar surface area (TPSA) is 108 Å². The molecule has 3 atom stereocenters. The van der Waals surface area contributed by atoms with Crippen LogP contribution in [-0.2, 0) is 22.6 Å². The monoisotopic (exact) mass is 605 g/mol. The first-order chi connectivity index (χ1) is 22.1. The number of rotatable bonds is 8. The normalized spacial score (nSPS) is 22.1. The number of amides is 2. The molecule has 0 bridgehead atoms. The van der Waals surface area contributed by atoms with Crippen molar-refractivity contribution in [2.75, 3.05) is 37.6 Å². The predicted octanol–water partition coefficient (Wildman–Crippen LogP) is 4.13. The highest BCUT2D eigenvalue weighted by molar-refractivity contribution is 6.21. The number of aromatic nitrogens is 2. The molecule has 10 heteroatoms. The van der Waals surface area contributed by atoms with Gasteiger partial charge in [0.05, 0.1) is 36.5 Å². The summed E-state index contributed by atoms with van der Waals surface area (Å²) in [5.41, 5.74) is 4.50. The van der Waals surface area contributed by atoms with Crippen LogP contribution in [0.4, 0.5) is 5.95 Å². The standard InChI is InChI=1S/C35H35N5O5/c41-23-25-8-10-26(11-9-25)31-20-28(22-38-16-18-39(19-17-38)35-36-14-3-15-37-35)44-34(45-31)27-12-6-24(7-13-27)21-40-32(42)29-4-1-2-5-30(29)33(40)43/h1-15,28,31,34,41H,16-23H2/t28-,31+,34+/m0/s1. The van der Waals surface area contributed by atoms with Crippen LogP contribution in [0.1, 0.15) is 61.8 Å². The van der Waals surface area contributed by atoms with Gasteiger partial charge in [0.2, 0.25) is 5.95 Å². The summed E-state index contributed by atoms with van der Waals surface area (Å²) in [7, 11) is 0. The number of hydrogen-bond donors (Lipinski definition) is 1. The smallest absolute Gasteiger partial charge is 0.261 e. The van der Waals surface area contributed by atoms with Crippen molar-refractivity contribution in [3.8, 4) is 0 Å². The van der Waals surface area contributed by atoms with Crippen LogP contribution in [0.3, 0.4) is 0 Å². The van der Waals surface area contributed by atoms with Crippen LogP contribution >= 0.6 is 0 Å². The summed E-state index contributed by atoms with van der Waals surface area (Å²) >= 11 is 0. The van der Waals surface area contributed by atoms with E-state index in [-0.39, 0.29) is 37.2 Å². The number of hydrogen-bond acceptors (Lipinski definition) is 9. The van der Waals surface area contributed by atoms with Crippen molar-refractivity contribution < 1.29 is 24.2 Å². The zero-order valence-corrected chi connectivity index (χ0v) is 24.9. The third kappa shape index (κ3) is 6.23. The lowest BCUT2D eigenvalue weighted by Crippen LogP contribution is -2.50. The SMILES string of the molecule is O=C1c2ccccc2C(=O)N1Cc1ccc([C@@H]2O[C@H](CN3CCN(c4ncccn4)CC3)C[C@H](c3ccc(CO)cc3)O2)cc1. The molecule has 3 aliphatic rings. The van der Waals surface area contributed by atoms with E-state index in [1.807, 2.05) is 54.6 Å². The minimum Gasteiger partial charge on any atom is -0.392 e. The number of carbonyl (C=O) groups excluding carboxylic acids is 2. The second kappa shape index (κ2) is 12.9. The number of ether oxygens (including phenoxy) is 2. The van der Waals surface area contributed by atoms with E-state index in [2.05, 4.69) is 19.8 Å². The number of piperazine rings is 1. The molecule has 7 rings (SSSR count). The van der Waals surface area contributed by atoms with Crippen LogP contribution in [0.25, 0.3) is 0 Å². The first-order valence-electron chi connectivity index (χ1n) is 15.3. The van der Waals surface area contributed by atoms with Gasteiger partial charge >= 0.3 is 0 Å². The molecule has 3 aromatic carbocycles. The highest BCUT2D eigenvalue weighted by Crippen LogP contribution is 2.38. The molecule has 0 aliphatic carbocycles. The molecule has 0 saturated carbocycles. The number of aliphatic hydroxyl groups is 1.